The summed E-state index contributed by atoms with van der Waals surface area (Å²) < 4.78 is 38.3. The fourth-order valence-electron chi connectivity index (χ4n) is 3.91. The van der Waals surface area contributed by atoms with Crippen LogP contribution in [0.15, 0.2) is 47.4 Å². The molecule has 0 saturated carbocycles. The van der Waals surface area contributed by atoms with Crippen molar-refractivity contribution >= 4 is 27.5 Å². The van der Waals surface area contributed by atoms with Crippen molar-refractivity contribution in [2.24, 2.45) is 0 Å². The minimum Gasteiger partial charge on any atom is -0.493 e. The van der Waals surface area contributed by atoms with Gasteiger partial charge in [0.2, 0.25) is 15.9 Å². The van der Waals surface area contributed by atoms with Crippen LogP contribution in [-0.2, 0) is 21.2 Å². The maximum atomic E-state index is 13.1. The van der Waals surface area contributed by atoms with Crippen LogP contribution in [0.5, 0.6) is 11.5 Å². The van der Waals surface area contributed by atoms with E-state index in [1.54, 1.807) is 26.4 Å². The molecular formula is C23H29ClN2O5S. The van der Waals surface area contributed by atoms with Gasteiger partial charge in [-0.15, -0.1) is 0 Å². The molecule has 0 aromatic heterocycles. The molecule has 1 heterocycles. The maximum absolute atomic E-state index is 13.1. The molecule has 1 saturated heterocycles. The number of sulfonamides is 1. The number of nitrogens with zero attached hydrogens (tertiary/aromatic N) is 1. The molecular weight excluding hydrogens is 452 g/mol. The molecule has 0 spiro atoms. The first-order valence-corrected chi connectivity index (χ1v) is 12.4. The highest BCUT2D eigenvalue weighted by atomic mass is 35.5. The number of piperidine rings is 1. The van der Waals surface area contributed by atoms with E-state index in [4.69, 9.17) is 21.1 Å². The van der Waals surface area contributed by atoms with E-state index < -0.39 is 10.0 Å². The minimum atomic E-state index is -3.68. The summed E-state index contributed by atoms with van der Waals surface area (Å²) in [5.74, 6) is 1.13. The van der Waals surface area contributed by atoms with Crippen molar-refractivity contribution in [1.29, 1.82) is 0 Å². The summed E-state index contributed by atoms with van der Waals surface area (Å²) in [5.41, 5.74) is 1.01. The van der Waals surface area contributed by atoms with Crippen molar-refractivity contribution in [3.05, 3.63) is 53.1 Å². The number of amides is 1. The first kappa shape index (κ1) is 24.4. The Morgan fingerprint density at radius 1 is 1.09 bits per heavy atom. The van der Waals surface area contributed by atoms with E-state index in [0.717, 1.165) is 18.4 Å². The molecule has 3 rings (SSSR count). The normalized spacial score (nSPS) is 17.0. The quantitative estimate of drug-likeness (QED) is 0.592. The lowest BCUT2D eigenvalue weighted by molar-refractivity contribution is -0.122. The average molecular weight is 481 g/mol. The highest BCUT2D eigenvalue weighted by molar-refractivity contribution is 7.89. The Hall–Kier alpha value is -2.29. The van der Waals surface area contributed by atoms with Crippen LogP contribution in [0.3, 0.4) is 0 Å². The van der Waals surface area contributed by atoms with Crippen LogP contribution in [0.2, 0.25) is 5.02 Å². The number of methoxy groups -OCH3 is 2. The summed E-state index contributed by atoms with van der Waals surface area (Å²) in [6.45, 7) is 0.861. The number of hydrogen-bond acceptors (Lipinski definition) is 5. The number of carbonyl (C=O) groups is 1. The van der Waals surface area contributed by atoms with Gasteiger partial charge in [0.25, 0.3) is 0 Å². The predicted octanol–water partition coefficient (Wildman–Crippen LogP) is 3.65. The number of halogens is 1. The molecule has 1 atom stereocenters. The Balaban J connectivity index is 1.59. The third kappa shape index (κ3) is 5.94. The third-order valence-corrected chi connectivity index (χ3v) is 7.82. The highest BCUT2D eigenvalue weighted by Gasteiger charge is 2.34. The van der Waals surface area contributed by atoms with Gasteiger partial charge in [0.05, 0.1) is 19.1 Å². The van der Waals surface area contributed by atoms with Crippen LogP contribution in [0.1, 0.15) is 31.2 Å². The largest absolute Gasteiger partial charge is 0.493 e. The van der Waals surface area contributed by atoms with Gasteiger partial charge >= 0.3 is 0 Å². The molecule has 0 unspecified atom stereocenters. The lowest BCUT2D eigenvalue weighted by atomic mass is 10.0. The summed E-state index contributed by atoms with van der Waals surface area (Å²) in [5, 5.41) is 3.39. The highest BCUT2D eigenvalue weighted by Crippen LogP contribution is 2.29. The number of carbonyl (C=O) groups excluding carboxylic acids is 1. The Morgan fingerprint density at radius 2 is 1.81 bits per heavy atom. The van der Waals surface area contributed by atoms with Crippen molar-refractivity contribution in [3.8, 4) is 11.5 Å². The second-order valence-corrected chi connectivity index (χ2v) is 10.0. The summed E-state index contributed by atoms with van der Waals surface area (Å²) >= 11 is 5.90. The van der Waals surface area contributed by atoms with Crippen molar-refractivity contribution in [3.63, 3.8) is 0 Å². The van der Waals surface area contributed by atoms with Crippen molar-refractivity contribution in [2.45, 2.75) is 43.0 Å². The second-order valence-electron chi connectivity index (χ2n) is 7.71. The van der Waals surface area contributed by atoms with Crippen LogP contribution in [0.25, 0.3) is 0 Å². The van der Waals surface area contributed by atoms with E-state index in [2.05, 4.69) is 5.32 Å². The Morgan fingerprint density at radius 3 is 2.50 bits per heavy atom. The Bertz CT molecular complexity index is 1030. The molecule has 1 N–H and O–H groups in total. The molecule has 0 radical (unpaired) electrons. The van der Waals surface area contributed by atoms with Crippen molar-refractivity contribution in [2.75, 3.05) is 27.3 Å². The maximum Gasteiger partial charge on any atom is 0.243 e. The van der Waals surface area contributed by atoms with Crippen LogP contribution in [0, 0.1) is 0 Å². The molecule has 9 heteroatoms. The van der Waals surface area contributed by atoms with Gasteiger partial charge < -0.3 is 14.8 Å². The number of rotatable bonds is 9. The Labute approximate surface area is 194 Å². The van der Waals surface area contributed by atoms with Gasteiger partial charge in [-0.3, -0.25) is 4.79 Å². The monoisotopic (exact) mass is 480 g/mol. The van der Waals surface area contributed by atoms with Gasteiger partial charge in [0.1, 0.15) is 0 Å². The zero-order valence-corrected chi connectivity index (χ0v) is 19.9. The zero-order chi connectivity index (χ0) is 23.1. The molecule has 2 aromatic rings. The van der Waals surface area contributed by atoms with E-state index in [1.165, 1.54) is 16.4 Å². The second kappa shape index (κ2) is 11.0. The lowest BCUT2D eigenvalue weighted by Gasteiger charge is -2.34. The molecule has 0 aliphatic carbocycles. The predicted molar refractivity (Wildman–Crippen MR) is 124 cm³/mol. The molecule has 174 valence electrons. The molecule has 1 fully saturated rings. The van der Waals surface area contributed by atoms with Crippen LogP contribution < -0.4 is 14.8 Å². The van der Waals surface area contributed by atoms with Crippen molar-refractivity contribution in [1.82, 2.24) is 9.62 Å². The van der Waals surface area contributed by atoms with Gasteiger partial charge in [-0.25, -0.2) is 8.42 Å². The topological polar surface area (TPSA) is 84.9 Å². The standard InChI is InChI=1S/C23H29ClN2O5S/c1-30-21-11-6-17(15-22(21)31-2)12-13-25-23(27)16-19-5-3-4-14-26(19)32(28,29)20-9-7-18(24)8-10-20/h6-11,15,19H,3-5,12-14,16H2,1-2H3,(H,25,27)/t19-/m1/s1. The minimum absolute atomic E-state index is 0.138. The van der Waals surface area contributed by atoms with Gasteiger partial charge in [-0.1, -0.05) is 24.1 Å². The molecule has 1 amide bonds. The lowest BCUT2D eigenvalue weighted by Crippen LogP contribution is -2.46. The third-order valence-electron chi connectivity index (χ3n) is 5.60. The SMILES string of the molecule is COc1ccc(CCNC(=O)C[C@H]2CCCCN2S(=O)(=O)c2ccc(Cl)cc2)cc1OC. The van der Waals surface area contributed by atoms with E-state index in [-0.39, 0.29) is 23.3 Å². The van der Waals surface area contributed by atoms with Crippen LogP contribution >= 0.6 is 11.6 Å². The number of ether oxygens (including phenoxy) is 2. The summed E-state index contributed by atoms with van der Waals surface area (Å²) in [7, 11) is -0.519. The summed E-state index contributed by atoms with van der Waals surface area (Å²) in [6.07, 6.45) is 3.11. The first-order valence-electron chi connectivity index (χ1n) is 10.6. The van der Waals surface area contributed by atoms with Crippen LogP contribution in [0.4, 0.5) is 0 Å². The molecule has 0 bridgehead atoms. The van der Waals surface area contributed by atoms with Gasteiger partial charge in [0, 0.05) is 30.6 Å². The van der Waals surface area contributed by atoms with Crippen molar-refractivity contribution < 1.29 is 22.7 Å². The van der Waals surface area contributed by atoms with Crippen LogP contribution in [-0.4, -0.2) is 52.0 Å². The van der Waals surface area contributed by atoms with E-state index in [0.29, 0.717) is 42.5 Å². The molecule has 1 aliphatic rings. The van der Waals surface area contributed by atoms with Gasteiger partial charge in [-0.05, 0) is 61.2 Å². The molecule has 1 aliphatic heterocycles. The molecule has 2 aromatic carbocycles. The molecule has 7 nitrogen and oxygen atoms in total. The van der Waals surface area contributed by atoms with Gasteiger partial charge in [0.15, 0.2) is 11.5 Å². The average Bonchev–Trinajstić information content (AvgIpc) is 2.79. The summed E-state index contributed by atoms with van der Waals surface area (Å²) in [6, 6.07) is 11.4. The number of hydrogen-bond donors (Lipinski definition) is 1. The number of benzene rings is 2. The zero-order valence-electron chi connectivity index (χ0n) is 18.3. The first-order chi connectivity index (χ1) is 15.3. The van der Waals surface area contributed by atoms with E-state index in [9.17, 15) is 13.2 Å². The number of nitrogens with one attached hydrogen (secondary N) is 1. The molecule has 32 heavy (non-hydrogen) atoms. The Kier molecular flexibility index (Phi) is 8.39. The fourth-order valence-corrected chi connectivity index (χ4v) is 5.72. The fraction of sp³-hybridized carbons (Fsp3) is 0.435. The smallest absolute Gasteiger partial charge is 0.243 e. The van der Waals surface area contributed by atoms with E-state index in [1.807, 2.05) is 18.2 Å². The van der Waals surface area contributed by atoms with E-state index >= 15 is 0 Å². The van der Waals surface area contributed by atoms with Gasteiger partial charge in [-0.2, -0.15) is 4.31 Å². The summed E-state index contributed by atoms with van der Waals surface area (Å²) in [4.78, 5) is 12.8.